The Morgan fingerprint density at radius 1 is 1.11 bits per heavy atom. The lowest BCUT2D eigenvalue weighted by Gasteiger charge is -2.26. The van der Waals surface area contributed by atoms with Crippen LogP contribution in [0.1, 0.15) is 39.7 Å². The van der Waals surface area contributed by atoms with E-state index in [9.17, 15) is 10.2 Å². The van der Waals surface area contributed by atoms with Gasteiger partial charge in [-0.05, 0) is 24.3 Å². The summed E-state index contributed by atoms with van der Waals surface area (Å²) in [5.41, 5.74) is 0.0824. The Kier molecular flexibility index (Phi) is 5.53. The van der Waals surface area contributed by atoms with Crippen LogP contribution in [0.3, 0.4) is 0 Å². The summed E-state index contributed by atoms with van der Waals surface area (Å²) in [5.74, 6) is 0. The SMILES string of the molecule is CC(C)(C)CC(O)CNCC(C)(O)c1ccccc1. The minimum absolute atomic E-state index is 0.114. The largest absolute Gasteiger partial charge is 0.392 e. The van der Waals surface area contributed by atoms with E-state index in [1.54, 1.807) is 6.92 Å². The Morgan fingerprint density at radius 2 is 1.68 bits per heavy atom. The highest BCUT2D eigenvalue weighted by Crippen LogP contribution is 2.21. The topological polar surface area (TPSA) is 52.5 Å². The van der Waals surface area contributed by atoms with Gasteiger partial charge in [0.2, 0.25) is 0 Å². The highest BCUT2D eigenvalue weighted by molar-refractivity contribution is 5.21. The van der Waals surface area contributed by atoms with Gasteiger partial charge in [-0.1, -0.05) is 51.1 Å². The van der Waals surface area contributed by atoms with Crippen LogP contribution in [0.5, 0.6) is 0 Å². The molecule has 0 fully saturated rings. The summed E-state index contributed by atoms with van der Waals surface area (Å²) in [6, 6.07) is 9.58. The summed E-state index contributed by atoms with van der Waals surface area (Å²) in [6.45, 7) is 9.03. The average molecular weight is 265 g/mol. The number of hydrogen-bond donors (Lipinski definition) is 3. The maximum Gasteiger partial charge on any atom is 0.0992 e. The number of rotatable bonds is 6. The predicted octanol–water partition coefficient (Wildman–Crippen LogP) is 2.28. The Balaban J connectivity index is 2.40. The second-order valence-corrected chi connectivity index (χ2v) is 6.69. The molecule has 1 rings (SSSR count). The van der Waals surface area contributed by atoms with Gasteiger partial charge in [0.05, 0.1) is 11.7 Å². The van der Waals surface area contributed by atoms with Gasteiger partial charge in [0.15, 0.2) is 0 Å². The minimum Gasteiger partial charge on any atom is -0.392 e. The summed E-state index contributed by atoms with van der Waals surface area (Å²) in [7, 11) is 0. The predicted molar refractivity (Wildman–Crippen MR) is 79.0 cm³/mol. The first-order valence-corrected chi connectivity index (χ1v) is 6.87. The van der Waals surface area contributed by atoms with Crippen LogP contribution in [0.2, 0.25) is 0 Å². The summed E-state index contributed by atoms with van der Waals surface area (Å²) in [5, 5.41) is 23.4. The zero-order valence-corrected chi connectivity index (χ0v) is 12.5. The van der Waals surface area contributed by atoms with E-state index in [0.717, 1.165) is 12.0 Å². The van der Waals surface area contributed by atoms with E-state index in [2.05, 4.69) is 26.1 Å². The third-order valence-electron chi connectivity index (χ3n) is 3.09. The first-order chi connectivity index (χ1) is 8.71. The van der Waals surface area contributed by atoms with Gasteiger partial charge in [0, 0.05) is 13.1 Å². The molecule has 0 aliphatic rings. The molecule has 0 saturated heterocycles. The normalized spacial score (nSPS) is 16.9. The van der Waals surface area contributed by atoms with Gasteiger partial charge in [-0.3, -0.25) is 0 Å². The third-order valence-corrected chi connectivity index (χ3v) is 3.09. The fourth-order valence-electron chi connectivity index (χ4n) is 2.16. The van der Waals surface area contributed by atoms with Crippen LogP contribution in [0, 0.1) is 5.41 Å². The van der Waals surface area contributed by atoms with Crippen molar-refractivity contribution in [3.63, 3.8) is 0 Å². The lowest BCUT2D eigenvalue weighted by Crippen LogP contribution is -2.39. The summed E-state index contributed by atoms with van der Waals surface area (Å²) < 4.78 is 0. The van der Waals surface area contributed by atoms with E-state index < -0.39 is 5.60 Å². The highest BCUT2D eigenvalue weighted by Gasteiger charge is 2.23. The molecule has 3 N–H and O–H groups in total. The molecule has 0 aliphatic carbocycles. The van der Waals surface area contributed by atoms with Crippen molar-refractivity contribution < 1.29 is 10.2 Å². The molecule has 0 aliphatic heterocycles. The van der Waals surface area contributed by atoms with Gasteiger partial charge >= 0.3 is 0 Å². The van der Waals surface area contributed by atoms with Crippen LogP contribution < -0.4 is 5.32 Å². The van der Waals surface area contributed by atoms with E-state index >= 15 is 0 Å². The second kappa shape index (κ2) is 6.51. The molecule has 108 valence electrons. The van der Waals surface area contributed by atoms with E-state index in [-0.39, 0.29) is 11.5 Å². The molecule has 1 aromatic carbocycles. The Bertz CT molecular complexity index is 368. The van der Waals surface area contributed by atoms with E-state index in [1.807, 2.05) is 30.3 Å². The molecule has 0 bridgehead atoms. The van der Waals surface area contributed by atoms with Crippen molar-refractivity contribution in [3.05, 3.63) is 35.9 Å². The summed E-state index contributed by atoms with van der Waals surface area (Å²) in [4.78, 5) is 0. The van der Waals surface area contributed by atoms with Crippen LogP contribution in [0.15, 0.2) is 30.3 Å². The van der Waals surface area contributed by atoms with E-state index in [4.69, 9.17) is 0 Å². The van der Waals surface area contributed by atoms with Gasteiger partial charge < -0.3 is 15.5 Å². The Labute approximate surface area is 116 Å². The molecule has 0 saturated carbocycles. The van der Waals surface area contributed by atoms with Crippen LogP contribution in [-0.2, 0) is 5.60 Å². The number of hydrogen-bond acceptors (Lipinski definition) is 3. The van der Waals surface area contributed by atoms with Crippen molar-refractivity contribution in [1.29, 1.82) is 0 Å². The van der Waals surface area contributed by atoms with Crippen molar-refractivity contribution in [3.8, 4) is 0 Å². The van der Waals surface area contributed by atoms with Crippen molar-refractivity contribution in [2.24, 2.45) is 5.41 Å². The zero-order valence-electron chi connectivity index (χ0n) is 12.5. The minimum atomic E-state index is -0.914. The van der Waals surface area contributed by atoms with Crippen LogP contribution in [0.25, 0.3) is 0 Å². The molecule has 2 atom stereocenters. The number of benzene rings is 1. The molecule has 0 spiro atoms. The number of aliphatic hydroxyl groups excluding tert-OH is 1. The zero-order chi connectivity index (χ0) is 14.5. The van der Waals surface area contributed by atoms with Crippen LogP contribution >= 0.6 is 0 Å². The maximum absolute atomic E-state index is 10.4. The molecule has 0 heterocycles. The van der Waals surface area contributed by atoms with Gasteiger partial charge in [-0.25, -0.2) is 0 Å². The first-order valence-electron chi connectivity index (χ1n) is 6.87. The summed E-state index contributed by atoms with van der Waals surface area (Å²) >= 11 is 0. The maximum atomic E-state index is 10.4. The standard InChI is InChI=1S/C16H27NO2/c1-15(2,3)10-14(18)11-17-12-16(4,19)13-8-6-5-7-9-13/h5-9,14,17-19H,10-12H2,1-4H3. The second-order valence-electron chi connectivity index (χ2n) is 6.69. The summed E-state index contributed by atoms with van der Waals surface area (Å²) in [6.07, 6.45) is 0.361. The Morgan fingerprint density at radius 3 is 2.21 bits per heavy atom. The van der Waals surface area contributed by atoms with Crippen molar-refractivity contribution in [2.75, 3.05) is 13.1 Å². The quantitative estimate of drug-likeness (QED) is 0.739. The number of aliphatic hydroxyl groups is 2. The van der Waals surface area contributed by atoms with Crippen molar-refractivity contribution >= 4 is 0 Å². The van der Waals surface area contributed by atoms with E-state index in [1.165, 1.54) is 0 Å². The Hall–Kier alpha value is -0.900. The lowest BCUT2D eigenvalue weighted by atomic mass is 9.89. The molecular weight excluding hydrogens is 238 g/mol. The number of nitrogens with one attached hydrogen (secondary N) is 1. The first kappa shape index (κ1) is 16.2. The highest BCUT2D eigenvalue weighted by atomic mass is 16.3. The molecule has 19 heavy (non-hydrogen) atoms. The van der Waals surface area contributed by atoms with Crippen molar-refractivity contribution in [1.82, 2.24) is 5.32 Å². The van der Waals surface area contributed by atoms with Gasteiger partial charge in [0.25, 0.3) is 0 Å². The average Bonchev–Trinajstić information content (AvgIpc) is 2.27. The molecule has 0 radical (unpaired) electrons. The van der Waals surface area contributed by atoms with E-state index in [0.29, 0.717) is 13.1 Å². The smallest absolute Gasteiger partial charge is 0.0992 e. The molecule has 3 nitrogen and oxygen atoms in total. The molecule has 1 aromatic rings. The van der Waals surface area contributed by atoms with Crippen molar-refractivity contribution in [2.45, 2.75) is 45.8 Å². The van der Waals surface area contributed by atoms with Crippen LogP contribution in [-0.4, -0.2) is 29.4 Å². The lowest BCUT2D eigenvalue weighted by molar-refractivity contribution is 0.0495. The molecular formula is C16H27NO2. The van der Waals surface area contributed by atoms with Gasteiger partial charge in [0.1, 0.15) is 0 Å². The fourth-order valence-corrected chi connectivity index (χ4v) is 2.16. The third kappa shape index (κ3) is 6.19. The van der Waals surface area contributed by atoms with Crippen LogP contribution in [0.4, 0.5) is 0 Å². The van der Waals surface area contributed by atoms with Gasteiger partial charge in [-0.2, -0.15) is 0 Å². The molecule has 0 amide bonds. The molecule has 3 heteroatoms. The van der Waals surface area contributed by atoms with Gasteiger partial charge in [-0.15, -0.1) is 0 Å². The molecule has 0 aromatic heterocycles. The fraction of sp³-hybridized carbons (Fsp3) is 0.625. The molecule has 2 unspecified atom stereocenters. The monoisotopic (exact) mass is 265 g/mol.